The molecule has 7 heteroatoms. The summed E-state index contributed by atoms with van der Waals surface area (Å²) in [6, 6.07) is 5.44. The zero-order valence-corrected chi connectivity index (χ0v) is 14.0. The summed E-state index contributed by atoms with van der Waals surface area (Å²) in [5.74, 6) is 1.05. The number of aryl methyl sites for hydroxylation is 1. The number of nitrogens with zero attached hydrogens (tertiary/aromatic N) is 2. The summed E-state index contributed by atoms with van der Waals surface area (Å²) in [6.07, 6.45) is 0.721. The van der Waals surface area contributed by atoms with Crippen molar-refractivity contribution in [2.75, 3.05) is 20.2 Å². The van der Waals surface area contributed by atoms with Crippen molar-refractivity contribution in [2.45, 2.75) is 19.4 Å². The fourth-order valence-corrected chi connectivity index (χ4v) is 3.84. The molecule has 3 heterocycles. The van der Waals surface area contributed by atoms with E-state index in [1.807, 2.05) is 17.9 Å². The molecule has 2 aromatic rings. The molecular formula is C15H17ClN2O3S. The Morgan fingerprint density at radius 2 is 2.36 bits per heavy atom. The highest BCUT2D eigenvalue weighted by atomic mass is 35.5. The summed E-state index contributed by atoms with van der Waals surface area (Å²) >= 11 is 7.21. The summed E-state index contributed by atoms with van der Waals surface area (Å²) in [5.41, 5.74) is 0.864. The molecule has 0 bridgehead atoms. The molecule has 0 saturated carbocycles. The van der Waals surface area contributed by atoms with Gasteiger partial charge in [-0.2, -0.15) is 0 Å². The molecule has 1 aliphatic heterocycles. The van der Waals surface area contributed by atoms with Gasteiger partial charge in [-0.15, -0.1) is 11.3 Å². The molecule has 0 N–H and O–H groups in total. The van der Waals surface area contributed by atoms with E-state index in [1.54, 1.807) is 19.2 Å². The minimum atomic E-state index is 0.00444. The van der Waals surface area contributed by atoms with Gasteiger partial charge in [0, 0.05) is 38.6 Å². The predicted molar refractivity (Wildman–Crippen MR) is 84.5 cm³/mol. The molecule has 1 saturated heterocycles. The first-order chi connectivity index (χ1) is 10.6. The van der Waals surface area contributed by atoms with E-state index < -0.39 is 0 Å². The molecule has 1 amide bonds. The van der Waals surface area contributed by atoms with Crippen LogP contribution in [0.5, 0.6) is 0 Å². The Kier molecular flexibility index (Phi) is 4.52. The summed E-state index contributed by atoms with van der Waals surface area (Å²) in [5, 5.41) is 3.90. The molecule has 22 heavy (non-hydrogen) atoms. The molecule has 2 atom stereocenters. The molecule has 0 radical (unpaired) electrons. The number of carbonyl (C=O) groups is 1. The van der Waals surface area contributed by atoms with Gasteiger partial charge in [-0.05, 0) is 19.1 Å². The summed E-state index contributed by atoms with van der Waals surface area (Å²) < 4.78 is 11.4. The van der Waals surface area contributed by atoms with Crippen LogP contribution in [-0.4, -0.2) is 42.3 Å². The Morgan fingerprint density at radius 1 is 1.55 bits per heavy atom. The first kappa shape index (κ1) is 15.5. The predicted octanol–water partition coefficient (Wildman–Crippen LogP) is 3.03. The number of carbonyl (C=O) groups excluding carboxylic acids is 1. The Balaban J connectivity index is 1.70. The number of ether oxygens (including phenoxy) is 1. The van der Waals surface area contributed by atoms with Crippen LogP contribution in [0, 0.1) is 12.8 Å². The number of halogens is 1. The largest absolute Gasteiger partial charge is 0.379 e. The van der Waals surface area contributed by atoms with Crippen molar-refractivity contribution in [3.05, 3.63) is 38.9 Å². The van der Waals surface area contributed by atoms with E-state index in [0.717, 1.165) is 11.5 Å². The van der Waals surface area contributed by atoms with Crippen LogP contribution in [0.15, 0.2) is 22.7 Å². The van der Waals surface area contributed by atoms with Gasteiger partial charge in [0.15, 0.2) is 0 Å². The van der Waals surface area contributed by atoms with E-state index in [0.29, 0.717) is 28.7 Å². The summed E-state index contributed by atoms with van der Waals surface area (Å²) in [7, 11) is 1.68. The molecular weight excluding hydrogens is 324 g/mol. The standard InChI is InChI=1S/C15H17ClN2O3S/c1-9-5-11(21-17-9)6-10-7-18(8-12(10)20-2)15(19)13-3-4-14(16)22-13/h3-5,10,12H,6-8H2,1-2H3. The topological polar surface area (TPSA) is 55.6 Å². The van der Waals surface area contributed by atoms with Crippen molar-refractivity contribution >= 4 is 28.8 Å². The number of hydrogen-bond donors (Lipinski definition) is 0. The molecule has 3 rings (SSSR count). The summed E-state index contributed by atoms with van der Waals surface area (Å²) in [4.78, 5) is 15.0. The Bertz CT molecular complexity index is 669. The molecule has 5 nitrogen and oxygen atoms in total. The molecule has 0 spiro atoms. The lowest BCUT2D eigenvalue weighted by Crippen LogP contribution is -2.29. The lowest BCUT2D eigenvalue weighted by molar-refractivity contribution is 0.0675. The van der Waals surface area contributed by atoms with Crippen LogP contribution >= 0.6 is 22.9 Å². The van der Waals surface area contributed by atoms with Crippen LogP contribution in [-0.2, 0) is 11.2 Å². The molecule has 0 aromatic carbocycles. The quantitative estimate of drug-likeness (QED) is 0.858. The Labute approximate surface area is 137 Å². The summed E-state index contributed by atoms with van der Waals surface area (Å²) in [6.45, 7) is 3.13. The number of methoxy groups -OCH3 is 1. The molecule has 2 unspecified atom stereocenters. The fourth-order valence-electron chi connectivity index (χ4n) is 2.83. The highest BCUT2D eigenvalue weighted by Gasteiger charge is 2.36. The Morgan fingerprint density at radius 3 is 2.95 bits per heavy atom. The number of thiophene rings is 1. The zero-order valence-electron chi connectivity index (χ0n) is 12.4. The smallest absolute Gasteiger partial charge is 0.264 e. The molecule has 1 fully saturated rings. The van der Waals surface area contributed by atoms with Crippen molar-refractivity contribution in [1.29, 1.82) is 0 Å². The van der Waals surface area contributed by atoms with Crippen LogP contribution in [0.1, 0.15) is 21.1 Å². The highest BCUT2D eigenvalue weighted by Crippen LogP contribution is 2.28. The van der Waals surface area contributed by atoms with E-state index >= 15 is 0 Å². The van der Waals surface area contributed by atoms with Crippen molar-refractivity contribution in [3.8, 4) is 0 Å². The van der Waals surface area contributed by atoms with Gasteiger partial charge in [-0.3, -0.25) is 4.79 Å². The van der Waals surface area contributed by atoms with Gasteiger partial charge in [0.1, 0.15) is 5.76 Å². The second-order valence-corrected chi connectivity index (χ2v) is 7.20. The van der Waals surface area contributed by atoms with Crippen LogP contribution in [0.25, 0.3) is 0 Å². The molecule has 118 valence electrons. The maximum atomic E-state index is 12.5. The van der Waals surface area contributed by atoms with Crippen molar-refractivity contribution in [2.24, 2.45) is 5.92 Å². The van der Waals surface area contributed by atoms with E-state index in [1.165, 1.54) is 11.3 Å². The van der Waals surface area contributed by atoms with Gasteiger partial charge >= 0.3 is 0 Å². The number of hydrogen-bond acceptors (Lipinski definition) is 5. The van der Waals surface area contributed by atoms with Gasteiger partial charge in [0.05, 0.1) is 21.0 Å². The van der Waals surface area contributed by atoms with Crippen molar-refractivity contribution in [3.63, 3.8) is 0 Å². The van der Waals surface area contributed by atoms with Crippen LogP contribution in [0.3, 0.4) is 0 Å². The molecule has 2 aromatic heterocycles. The first-order valence-electron chi connectivity index (χ1n) is 7.06. The maximum absolute atomic E-state index is 12.5. The molecule has 1 aliphatic rings. The van der Waals surface area contributed by atoms with Gasteiger partial charge in [-0.25, -0.2) is 0 Å². The van der Waals surface area contributed by atoms with Crippen molar-refractivity contribution in [1.82, 2.24) is 10.1 Å². The van der Waals surface area contributed by atoms with E-state index in [2.05, 4.69) is 5.16 Å². The van der Waals surface area contributed by atoms with Crippen LogP contribution < -0.4 is 0 Å². The van der Waals surface area contributed by atoms with Gasteiger partial charge < -0.3 is 14.2 Å². The third-order valence-corrected chi connectivity index (χ3v) is 5.11. The lowest BCUT2D eigenvalue weighted by atomic mass is 10.0. The second-order valence-electron chi connectivity index (χ2n) is 5.49. The zero-order chi connectivity index (χ0) is 15.7. The van der Waals surface area contributed by atoms with Crippen molar-refractivity contribution < 1.29 is 14.1 Å². The van der Waals surface area contributed by atoms with E-state index in [9.17, 15) is 4.79 Å². The number of likely N-dealkylation sites (tertiary alicyclic amines) is 1. The fraction of sp³-hybridized carbons (Fsp3) is 0.467. The third-order valence-electron chi connectivity index (χ3n) is 3.90. The molecule has 0 aliphatic carbocycles. The van der Waals surface area contributed by atoms with Crippen LogP contribution in [0.4, 0.5) is 0 Å². The number of amides is 1. The SMILES string of the molecule is COC1CN(C(=O)c2ccc(Cl)s2)CC1Cc1cc(C)no1. The average molecular weight is 341 g/mol. The van der Waals surface area contributed by atoms with Gasteiger partial charge in [0.25, 0.3) is 5.91 Å². The monoisotopic (exact) mass is 340 g/mol. The lowest BCUT2D eigenvalue weighted by Gasteiger charge is -2.14. The normalized spacial score (nSPS) is 21.5. The third kappa shape index (κ3) is 3.19. The number of rotatable bonds is 4. The van der Waals surface area contributed by atoms with Gasteiger partial charge in [0.2, 0.25) is 0 Å². The Hall–Kier alpha value is -1.37. The van der Waals surface area contributed by atoms with Gasteiger partial charge in [-0.1, -0.05) is 16.8 Å². The minimum absolute atomic E-state index is 0.00444. The maximum Gasteiger partial charge on any atom is 0.264 e. The average Bonchev–Trinajstić information content (AvgIpc) is 3.19. The first-order valence-corrected chi connectivity index (χ1v) is 8.26. The second kappa shape index (κ2) is 6.40. The van der Waals surface area contributed by atoms with E-state index in [-0.39, 0.29) is 17.9 Å². The van der Waals surface area contributed by atoms with E-state index in [4.69, 9.17) is 20.9 Å². The minimum Gasteiger partial charge on any atom is -0.379 e. The van der Waals surface area contributed by atoms with Crippen LogP contribution in [0.2, 0.25) is 4.34 Å². The highest BCUT2D eigenvalue weighted by molar-refractivity contribution is 7.17. The number of aromatic nitrogens is 1.